The standard InChI is InChI=1S/C14H16ClNO2/c1-10-12(7-11(18-2)8-13(10)15)14(16-9-17)5-3-4-6-14/h7-8H,3-6H2,1-2H3. The Bertz CT molecular complexity index is 501. The van der Waals surface area contributed by atoms with Crippen LogP contribution >= 0.6 is 11.6 Å². The van der Waals surface area contributed by atoms with Gasteiger partial charge in [-0.25, -0.2) is 4.79 Å². The minimum atomic E-state index is -0.454. The normalized spacial score (nSPS) is 17.3. The van der Waals surface area contributed by atoms with Crippen LogP contribution in [0.1, 0.15) is 36.8 Å². The zero-order valence-corrected chi connectivity index (χ0v) is 11.4. The van der Waals surface area contributed by atoms with E-state index in [1.807, 2.05) is 13.0 Å². The summed E-state index contributed by atoms with van der Waals surface area (Å²) in [6.45, 7) is 1.96. The second-order valence-electron chi connectivity index (χ2n) is 4.72. The summed E-state index contributed by atoms with van der Waals surface area (Å²) in [4.78, 5) is 14.8. The molecule has 96 valence electrons. The largest absolute Gasteiger partial charge is 0.497 e. The minimum absolute atomic E-state index is 0.454. The van der Waals surface area contributed by atoms with E-state index in [0.29, 0.717) is 10.8 Å². The molecule has 2 rings (SSSR count). The molecule has 0 spiro atoms. The molecule has 1 aromatic carbocycles. The Labute approximate surface area is 112 Å². The number of hydrogen-bond donors (Lipinski definition) is 0. The van der Waals surface area contributed by atoms with Gasteiger partial charge in [-0.15, -0.1) is 0 Å². The molecule has 1 saturated carbocycles. The van der Waals surface area contributed by atoms with E-state index in [0.717, 1.165) is 36.8 Å². The Balaban J connectivity index is 2.60. The number of isocyanates is 1. The Morgan fingerprint density at radius 1 is 1.39 bits per heavy atom. The molecule has 0 bridgehead atoms. The fourth-order valence-corrected chi connectivity index (χ4v) is 2.95. The second kappa shape index (κ2) is 5.13. The van der Waals surface area contributed by atoms with Crippen LogP contribution in [0.4, 0.5) is 0 Å². The average Bonchev–Trinajstić information content (AvgIpc) is 2.82. The van der Waals surface area contributed by atoms with Crippen molar-refractivity contribution in [3.63, 3.8) is 0 Å². The molecule has 1 aliphatic rings. The lowest BCUT2D eigenvalue weighted by Gasteiger charge is -2.26. The number of rotatable bonds is 3. The fourth-order valence-electron chi connectivity index (χ4n) is 2.74. The van der Waals surface area contributed by atoms with Gasteiger partial charge in [0, 0.05) is 5.02 Å². The minimum Gasteiger partial charge on any atom is -0.497 e. The molecule has 0 radical (unpaired) electrons. The third kappa shape index (κ3) is 2.16. The molecule has 0 unspecified atom stereocenters. The lowest BCUT2D eigenvalue weighted by atomic mass is 9.85. The van der Waals surface area contributed by atoms with Gasteiger partial charge in [0.05, 0.1) is 12.6 Å². The molecular weight excluding hydrogens is 250 g/mol. The highest BCUT2D eigenvalue weighted by molar-refractivity contribution is 6.31. The predicted molar refractivity (Wildman–Crippen MR) is 71.0 cm³/mol. The topological polar surface area (TPSA) is 38.7 Å². The van der Waals surface area contributed by atoms with Crippen molar-refractivity contribution in [3.8, 4) is 5.75 Å². The van der Waals surface area contributed by atoms with Crippen molar-refractivity contribution in [1.29, 1.82) is 0 Å². The maximum atomic E-state index is 10.7. The molecule has 0 atom stereocenters. The summed E-state index contributed by atoms with van der Waals surface area (Å²) in [5, 5.41) is 0.650. The number of aliphatic imine (C=N–C) groups is 1. The van der Waals surface area contributed by atoms with Gasteiger partial charge in [0.15, 0.2) is 0 Å². The molecule has 0 aromatic heterocycles. The van der Waals surface area contributed by atoms with Crippen molar-refractivity contribution in [1.82, 2.24) is 0 Å². The average molecular weight is 266 g/mol. The van der Waals surface area contributed by atoms with Gasteiger partial charge in [0.25, 0.3) is 0 Å². The Morgan fingerprint density at radius 2 is 2.06 bits per heavy atom. The zero-order valence-electron chi connectivity index (χ0n) is 10.6. The molecule has 0 saturated heterocycles. The zero-order chi connectivity index (χ0) is 13.2. The SMILES string of the molecule is COc1cc(Cl)c(C)c(C2(N=C=O)CCCC2)c1. The molecule has 1 aliphatic carbocycles. The number of methoxy groups -OCH3 is 1. The number of ether oxygens (including phenoxy) is 1. The van der Waals surface area contributed by atoms with Gasteiger partial charge in [-0.05, 0) is 43.0 Å². The van der Waals surface area contributed by atoms with E-state index in [-0.39, 0.29) is 0 Å². The summed E-state index contributed by atoms with van der Waals surface area (Å²) in [5.74, 6) is 0.702. The van der Waals surface area contributed by atoms with Crippen LogP contribution in [0.15, 0.2) is 17.1 Å². The van der Waals surface area contributed by atoms with Crippen molar-refractivity contribution < 1.29 is 9.53 Å². The lowest BCUT2D eigenvalue weighted by Crippen LogP contribution is -2.20. The summed E-state index contributed by atoms with van der Waals surface area (Å²) in [7, 11) is 1.61. The van der Waals surface area contributed by atoms with Gasteiger partial charge in [-0.2, -0.15) is 4.99 Å². The van der Waals surface area contributed by atoms with Crippen LogP contribution in [0, 0.1) is 6.92 Å². The van der Waals surface area contributed by atoms with Gasteiger partial charge in [-0.3, -0.25) is 0 Å². The molecule has 0 heterocycles. The maximum Gasteiger partial charge on any atom is 0.235 e. The highest BCUT2D eigenvalue weighted by Gasteiger charge is 2.37. The third-order valence-corrected chi connectivity index (χ3v) is 4.14. The van der Waals surface area contributed by atoms with Crippen molar-refractivity contribution in [3.05, 3.63) is 28.3 Å². The smallest absolute Gasteiger partial charge is 0.235 e. The van der Waals surface area contributed by atoms with Crippen molar-refractivity contribution >= 4 is 17.7 Å². The number of nitrogens with zero attached hydrogens (tertiary/aromatic N) is 1. The molecule has 18 heavy (non-hydrogen) atoms. The Kier molecular flexibility index (Phi) is 3.74. The van der Waals surface area contributed by atoms with Crippen LogP contribution in [-0.4, -0.2) is 13.2 Å². The Hall–Kier alpha value is -1.31. The van der Waals surface area contributed by atoms with E-state index in [4.69, 9.17) is 16.3 Å². The van der Waals surface area contributed by atoms with Crippen LogP contribution in [0.2, 0.25) is 5.02 Å². The van der Waals surface area contributed by atoms with Crippen molar-refractivity contribution in [2.24, 2.45) is 4.99 Å². The lowest BCUT2D eigenvalue weighted by molar-refractivity contribution is 0.407. The van der Waals surface area contributed by atoms with Gasteiger partial charge in [-0.1, -0.05) is 24.4 Å². The third-order valence-electron chi connectivity index (χ3n) is 3.75. The first-order valence-corrected chi connectivity index (χ1v) is 6.44. The first kappa shape index (κ1) is 13.1. The summed E-state index contributed by atoms with van der Waals surface area (Å²) >= 11 is 6.22. The van der Waals surface area contributed by atoms with Crippen molar-refractivity contribution in [2.75, 3.05) is 7.11 Å². The monoisotopic (exact) mass is 265 g/mol. The molecular formula is C14H16ClNO2. The molecule has 0 aliphatic heterocycles. The summed E-state index contributed by atoms with van der Waals surface area (Å²) in [6.07, 6.45) is 5.60. The quantitative estimate of drug-likeness (QED) is 0.616. The van der Waals surface area contributed by atoms with Gasteiger partial charge in [0.1, 0.15) is 5.75 Å². The first-order valence-electron chi connectivity index (χ1n) is 6.06. The molecule has 0 amide bonds. The predicted octanol–water partition coefficient (Wildman–Crippen LogP) is 3.76. The number of halogens is 1. The summed E-state index contributed by atoms with van der Waals surface area (Å²) in [5.41, 5.74) is 1.51. The van der Waals surface area contributed by atoms with Crippen LogP contribution in [-0.2, 0) is 10.3 Å². The van der Waals surface area contributed by atoms with Gasteiger partial charge < -0.3 is 4.74 Å². The highest BCUT2D eigenvalue weighted by atomic mass is 35.5. The van der Waals surface area contributed by atoms with E-state index in [1.54, 1.807) is 19.3 Å². The number of carbonyl (C=O) groups excluding carboxylic acids is 1. The van der Waals surface area contributed by atoms with Crippen LogP contribution in [0.3, 0.4) is 0 Å². The summed E-state index contributed by atoms with van der Waals surface area (Å²) < 4.78 is 5.25. The highest BCUT2D eigenvalue weighted by Crippen LogP contribution is 2.45. The van der Waals surface area contributed by atoms with Crippen LogP contribution < -0.4 is 4.74 Å². The van der Waals surface area contributed by atoms with E-state index in [9.17, 15) is 4.79 Å². The van der Waals surface area contributed by atoms with E-state index in [2.05, 4.69) is 4.99 Å². The molecule has 0 N–H and O–H groups in total. The molecule has 4 heteroatoms. The van der Waals surface area contributed by atoms with Gasteiger partial charge in [0.2, 0.25) is 6.08 Å². The fraction of sp³-hybridized carbons (Fsp3) is 0.500. The van der Waals surface area contributed by atoms with Crippen LogP contribution in [0.25, 0.3) is 0 Å². The second-order valence-corrected chi connectivity index (χ2v) is 5.13. The molecule has 3 nitrogen and oxygen atoms in total. The molecule has 1 aromatic rings. The Morgan fingerprint density at radius 3 is 2.61 bits per heavy atom. The van der Waals surface area contributed by atoms with Gasteiger partial charge >= 0.3 is 0 Å². The number of hydrogen-bond acceptors (Lipinski definition) is 3. The van der Waals surface area contributed by atoms with E-state index >= 15 is 0 Å². The molecule has 1 fully saturated rings. The maximum absolute atomic E-state index is 10.7. The van der Waals surface area contributed by atoms with Crippen molar-refractivity contribution in [2.45, 2.75) is 38.1 Å². The first-order chi connectivity index (χ1) is 8.63. The summed E-state index contributed by atoms with van der Waals surface area (Å²) in [6, 6.07) is 3.72. The van der Waals surface area contributed by atoms with E-state index < -0.39 is 5.54 Å². The van der Waals surface area contributed by atoms with Crippen LogP contribution in [0.5, 0.6) is 5.75 Å². The van der Waals surface area contributed by atoms with E-state index in [1.165, 1.54) is 0 Å². The number of benzene rings is 1.